The first-order valence-electron chi connectivity index (χ1n) is 5.13. The van der Waals surface area contributed by atoms with Gasteiger partial charge in [0, 0.05) is 11.6 Å². The van der Waals surface area contributed by atoms with Gasteiger partial charge in [0.15, 0.2) is 0 Å². The standard InChI is InChI=1S/C12H13ClN2O2/c1-8(2)15(6-5-14)12(17)9-3-4-11(16)10(13)7-9/h3-4,7-8,16H,6H2,1-2H3. The Kier molecular flexibility index (Phi) is 4.36. The second-order valence-electron chi connectivity index (χ2n) is 3.85. The summed E-state index contributed by atoms with van der Waals surface area (Å²) < 4.78 is 0. The quantitative estimate of drug-likeness (QED) is 0.841. The molecule has 0 aliphatic heterocycles. The minimum Gasteiger partial charge on any atom is -0.506 e. The summed E-state index contributed by atoms with van der Waals surface area (Å²) in [6.45, 7) is 3.68. The van der Waals surface area contributed by atoms with Crippen molar-refractivity contribution in [2.24, 2.45) is 0 Å². The molecular formula is C12H13ClN2O2. The Hall–Kier alpha value is -1.73. The predicted octanol–water partition coefficient (Wildman–Crippen LogP) is 2.42. The molecular weight excluding hydrogens is 240 g/mol. The van der Waals surface area contributed by atoms with Crippen LogP contribution >= 0.6 is 11.6 Å². The van der Waals surface area contributed by atoms with Crippen LogP contribution in [-0.4, -0.2) is 28.5 Å². The van der Waals surface area contributed by atoms with Crippen molar-refractivity contribution in [2.75, 3.05) is 6.54 Å². The summed E-state index contributed by atoms with van der Waals surface area (Å²) in [6.07, 6.45) is 0. The van der Waals surface area contributed by atoms with Gasteiger partial charge in [0.25, 0.3) is 5.91 Å². The van der Waals surface area contributed by atoms with E-state index in [1.54, 1.807) is 0 Å². The van der Waals surface area contributed by atoms with Crippen molar-refractivity contribution < 1.29 is 9.90 Å². The van der Waals surface area contributed by atoms with Gasteiger partial charge in [-0.1, -0.05) is 11.6 Å². The molecule has 5 heteroatoms. The van der Waals surface area contributed by atoms with Gasteiger partial charge in [-0.05, 0) is 32.0 Å². The highest BCUT2D eigenvalue weighted by Crippen LogP contribution is 2.24. The highest BCUT2D eigenvalue weighted by atomic mass is 35.5. The van der Waals surface area contributed by atoms with Gasteiger partial charge in [-0.25, -0.2) is 0 Å². The van der Waals surface area contributed by atoms with E-state index in [1.807, 2.05) is 19.9 Å². The molecule has 1 N–H and O–H groups in total. The van der Waals surface area contributed by atoms with E-state index >= 15 is 0 Å². The third-order valence-corrected chi connectivity index (χ3v) is 2.62. The molecule has 0 atom stereocenters. The van der Waals surface area contributed by atoms with Gasteiger partial charge >= 0.3 is 0 Å². The molecule has 1 rings (SSSR count). The summed E-state index contributed by atoms with van der Waals surface area (Å²) in [7, 11) is 0. The fourth-order valence-electron chi connectivity index (χ4n) is 1.37. The highest BCUT2D eigenvalue weighted by Gasteiger charge is 2.19. The van der Waals surface area contributed by atoms with Gasteiger partial charge in [0.1, 0.15) is 12.3 Å². The first kappa shape index (κ1) is 13.3. The average Bonchev–Trinajstić information content (AvgIpc) is 2.28. The third kappa shape index (κ3) is 3.11. The fraction of sp³-hybridized carbons (Fsp3) is 0.333. The van der Waals surface area contributed by atoms with Gasteiger partial charge in [0.2, 0.25) is 0 Å². The number of phenolic OH excluding ortho intramolecular Hbond substituents is 1. The van der Waals surface area contributed by atoms with E-state index in [9.17, 15) is 9.90 Å². The monoisotopic (exact) mass is 252 g/mol. The third-order valence-electron chi connectivity index (χ3n) is 2.32. The number of carbonyl (C=O) groups excluding carboxylic acids is 1. The van der Waals surface area contributed by atoms with Crippen molar-refractivity contribution in [2.45, 2.75) is 19.9 Å². The van der Waals surface area contributed by atoms with E-state index in [4.69, 9.17) is 16.9 Å². The lowest BCUT2D eigenvalue weighted by Gasteiger charge is -2.23. The van der Waals surface area contributed by atoms with Crippen LogP contribution < -0.4 is 0 Å². The van der Waals surface area contributed by atoms with Crippen LogP contribution in [0.4, 0.5) is 0 Å². The zero-order valence-corrected chi connectivity index (χ0v) is 10.4. The first-order chi connectivity index (χ1) is 7.97. The molecule has 0 bridgehead atoms. The first-order valence-corrected chi connectivity index (χ1v) is 5.51. The number of halogens is 1. The molecule has 4 nitrogen and oxygen atoms in total. The number of nitriles is 1. The molecule has 0 radical (unpaired) electrons. The Bertz CT molecular complexity index is 466. The van der Waals surface area contributed by atoms with Gasteiger partial charge < -0.3 is 10.0 Å². The summed E-state index contributed by atoms with van der Waals surface area (Å²) in [5, 5.41) is 18.1. The predicted molar refractivity (Wildman–Crippen MR) is 64.9 cm³/mol. The lowest BCUT2D eigenvalue weighted by atomic mass is 10.1. The average molecular weight is 253 g/mol. The van der Waals surface area contributed by atoms with Crippen LogP contribution in [0.25, 0.3) is 0 Å². The molecule has 90 valence electrons. The van der Waals surface area contributed by atoms with E-state index in [-0.39, 0.29) is 29.3 Å². The van der Waals surface area contributed by atoms with Crippen LogP contribution in [0.15, 0.2) is 18.2 Å². The van der Waals surface area contributed by atoms with Crippen LogP contribution in [0.5, 0.6) is 5.75 Å². The largest absolute Gasteiger partial charge is 0.506 e. The molecule has 0 saturated carbocycles. The lowest BCUT2D eigenvalue weighted by Crippen LogP contribution is -2.37. The fourth-order valence-corrected chi connectivity index (χ4v) is 1.55. The molecule has 0 aromatic heterocycles. The van der Waals surface area contributed by atoms with Crippen molar-refractivity contribution in [1.82, 2.24) is 4.90 Å². The summed E-state index contributed by atoms with van der Waals surface area (Å²) in [4.78, 5) is 13.5. The number of phenols is 1. The minimum atomic E-state index is -0.275. The van der Waals surface area contributed by atoms with Crippen LogP contribution in [0.1, 0.15) is 24.2 Å². The number of aromatic hydroxyl groups is 1. The Morgan fingerprint density at radius 1 is 1.59 bits per heavy atom. The van der Waals surface area contributed by atoms with E-state index < -0.39 is 0 Å². The number of benzene rings is 1. The SMILES string of the molecule is CC(C)N(CC#N)C(=O)c1ccc(O)c(Cl)c1. The number of amides is 1. The Balaban J connectivity index is 3.02. The van der Waals surface area contributed by atoms with Crippen LogP contribution in [0.3, 0.4) is 0 Å². The maximum Gasteiger partial charge on any atom is 0.254 e. The molecule has 0 saturated heterocycles. The molecule has 0 spiro atoms. The van der Waals surface area contributed by atoms with E-state index in [0.717, 1.165) is 0 Å². The second-order valence-corrected chi connectivity index (χ2v) is 4.26. The molecule has 0 unspecified atom stereocenters. The highest BCUT2D eigenvalue weighted by molar-refractivity contribution is 6.32. The van der Waals surface area contributed by atoms with Gasteiger partial charge in [-0.3, -0.25) is 4.79 Å². The molecule has 1 aromatic carbocycles. The Labute approximate surface area is 105 Å². The van der Waals surface area contributed by atoms with E-state index in [1.165, 1.54) is 23.1 Å². The molecule has 1 amide bonds. The molecule has 0 fully saturated rings. The van der Waals surface area contributed by atoms with E-state index in [0.29, 0.717) is 5.56 Å². The van der Waals surface area contributed by atoms with Crippen LogP contribution in [-0.2, 0) is 0 Å². The number of carbonyl (C=O) groups is 1. The van der Waals surface area contributed by atoms with Gasteiger partial charge in [-0.2, -0.15) is 5.26 Å². The summed E-state index contributed by atoms with van der Waals surface area (Å²) in [6, 6.07) is 6.11. The maximum absolute atomic E-state index is 12.1. The Morgan fingerprint density at radius 2 is 2.24 bits per heavy atom. The molecule has 0 aliphatic rings. The number of nitrogens with zero attached hydrogens (tertiary/aromatic N) is 2. The zero-order valence-electron chi connectivity index (χ0n) is 9.64. The van der Waals surface area contributed by atoms with Crippen molar-refractivity contribution in [3.05, 3.63) is 28.8 Å². The summed E-state index contributed by atoms with van der Waals surface area (Å²) >= 11 is 5.73. The normalized spacial score (nSPS) is 10.1. The maximum atomic E-state index is 12.1. The van der Waals surface area contributed by atoms with Crippen molar-refractivity contribution in [3.63, 3.8) is 0 Å². The van der Waals surface area contributed by atoms with E-state index in [2.05, 4.69) is 0 Å². The Morgan fingerprint density at radius 3 is 2.71 bits per heavy atom. The molecule has 1 aromatic rings. The second kappa shape index (κ2) is 5.55. The van der Waals surface area contributed by atoms with Crippen molar-refractivity contribution >= 4 is 17.5 Å². The minimum absolute atomic E-state index is 0.0228. The molecule has 0 aliphatic carbocycles. The van der Waals surface area contributed by atoms with Crippen LogP contribution in [0, 0.1) is 11.3 Å². The summed E-state index contributed by atoms with van der Waals surface area (Å²) in [5.41, 5.74) is 0.358. The lowest BCUT2D eigenvalue weighted by molar-refractivity contribution is 0.0731. The molecule has 0 heterocycles. The number of hydrogen-bond donors (Lipinski definition) is 1. The summed E-state index contributed by atoms with van der Waals surface area (Å²) in [5.74, 6) is -0.344. The molecule has 17 heavy (non-hydrogen) atoms. The smallest absolute Gasteiger partial charge is 0.254 e. The van der Waals surface area contributed by atoms with Crippen LogP contribution in [0.2, 0.25) is 5.02 Å². The number of hydrogen-bond acceptors (Lipinski definition) is 3. The van der Waals surface area contributed by atoms with Gasteiger partial charge in [0.05, 0.1) is 11.1 Å². The van der Waals surface area contributed by atoms with Crippen molar-refractivity contribution in [3.8, 4) is 11.8 Å². The van der Waals surface area contributed by atoms with Gasteiger partial charge in [-0.15, -0.1) is 0 Å². The topological polar surface area (TPSA) is 64.3 Å². The number of rotatable bonds is 3. The van der Waals surface area contributed by atoms with Crippen molar-refractivity contribution in [1.29, 1.82) is 5.26 Å². The zero-order chi connectivity index (χ0) is 13.0.